The van der Waals surface area contributed by atoms with E-state index in [0.29, 0.717) is 22.4 Å². The van der Waals surface area contributed by atoms with E-state index in [4.69, 9.17) is 11.6 Å². The average molecular weight is 295 g/mol. The van der Waals surface area contributed by atoms with E-state index < -0.39 is 0 Å². The van der Waals surface area contributed by atoms with E-state index in [2.05, 4.69) is 19.2 Å². The zero-order valence-corrected chi connectivity index (χ0v) is 12.4. The van der Waals surface area contributed by atoms with Gasteiger partial charge in [-0.25, -0.2) is 0 Å². The van der Waals surface area contributed by atoms with Crippen molar-refractivity contribution in [3.8, 4) is 5.75 Å². The lowest BCUT2D eigenvalue weighted by atomic mass is 9.84. The summed E-state index contributed by atoms with van der Waals surface area (Å²) in [7, 11) is 0. The molecule has 20 heavy (non-hydrogen) atoms. The summed E-state index contributed by atoms with van der Waals surface area (Å²) in [6.45, 7) is 6.88. The first-order valence-corrected chi connectivity index (χ1v) is 7.30. The normalized spacial score (nSPS) is 27.6. The fourth-order valence-corrected chi connectivity index (χ4v) is 3.79. The Bertz CT molecular complexity index is 559. The average Bonchev–Trinajstić information content (AvgIpc) is 2.94. The molecule has 2 atom stereocenters. The van der Waals surface area contributed by atoms with Crippen LogP contribution in [0.5, 0.6) is 5.75 Å². The molecule has 1 aromatic rings. The first-order chi connectivity index (χ1) is 9.41. The van der Waals surface area contributed by atoms with Crippen LogP contribution >= 0.6 is 11.6 Å². The van der Waals surface area contributed by atoms with Gasteiger partial charge in [0, 0.05) is 25.2 Å². The van der Waals surface area contributed by atoms with Crippen LogP contribution in [-0.4, -0.2) is 41.1 Å². The van der Waals surface area contributed by atoms with Crippen LogP contribution in [0, 0.1) is 11.8 Å². The highest BCUT2D eigenvalue weighted by molar-refractivity contribution is 6.33. The van der Waals surface area contributed by atoms with Gasteiger partial charge in [0.2, 0.25) is 0 Å². The predicted molar refractivity (Wildman–Crippen MR) is 78.1 cm³/mol. The number of likely N-dealkylation sites (tertiary alicyclic amines) is 1. The molecule has 2 N–H and O–H groups in total. The second-order valence-electron chi connectivity index (χ2n) is 6.26. The van der Waals surface area contributed by atoms with Gasteiger partial charge in [0.1, 0.15) is 5.75 Å². The number of phenolic OH excluding ortho intramolecular Hbond substituents is 1. The molecule has 3 rings (SSSR count). The zero-order chi connectivity index (χ0) is 14.5. The highest BCUT2D eigenvalue weighted by atomic mass is 35.5. The number of rotatable bonds is 1. The second kappa shape index (κ2) is 4.64. The SMILES string of the molecule is CC1(C)C2CNCC2CN1C(=O)c1cc(O)ccc1Cl. The van der Waals surface area contributed by atoms with Crippen molar-refractivity contribution in [1.82, 2.24) is 10.2 Å². The van der Waals surface area contributed by atoms with Crippen LogP contribution in [0.2, 0.25) is 5.02 Å². The molecule has 5 heteroatoms. The second-order valence-corrected chi connectivity index (χ2v) is 6.67. The minimum absolute atomic E-state index is 0.0663. The van der Waals surface area contributed by atoms with E-state index in [9.17, 15) is 9.90 Å². The Balaban J connectivity index is 1.93. The molecule has 2 heterocycles. The fraction of sp³-hybridized carbons (Fsp3) is 0.533. The molecule has 0 aromatic heterocycles. The maximum absolute atomic E-state index is 12.8. The van der Waals surface area contributed by atoms with Crippen molar-refractivity contribution in [2.24, 2.45) is 11.8 Å². The smallest absolute Gasteiger partial charge is 0.255 e. The molecule has 108 valence electrons. The summed E-state index contributed by atoms with van der Waals surface area (Å²) in [5.74, 6) is 0.953. The standard InChI is InChI=1S/C15H19ClN2O2/c1-15(2)12-7-17-6-9(12)8-18(15)14(20)11-5-10(19)3-4-13(11)16/h3-5,9,12,17,19H,6-8H2,1-2H3. The van der Waals surface area contributed by atoms with Crippen molar-refractivity contribution >= 4 is 17.5 Å². The number of aromatic hydroxyl groups is 1. The van der Waals surface area contributed by atoms with Gasteiger partial charge in [-0.15, -0.1) is 0 Å². The highest BCUT2D eigenvalue weighted by Gasteiger charge is 2.51. The van der Waals surface area contributed by atoms with Gasteiger partial charge >= 0.3 is 0 Å². The van der Waals surface area contributed by atoms with Crippen molar-refractivity contribution in [3.05, 3.63) is 28.8 Å². The number of carbonyl (C=O) groups excluding carboxylic acids is 1. The van der Waals surface area contributed by atoms with Gasteiger partial charge in [-0.1, -0.05) is 11.6 Å². The van der Waals surface area contributed by atoms with Crippen LogP contribution in [0.15, 0.2) is 18.2 Å². The van der Waals surface area contributed by atoms with Gasteiger partial charge in [-0.3, -0.25) is 4.79 Å². The first kappa shape index (κ1) is 13.7. The van der Waals surface area contributed by atoms with E-state index in [1.165, 1.54) is 12.1 Å². The number of benzene rings is 1. The molecule has 0 spiro atoms. The number of amides is 1. The van der Waals surface area contributed by atoms with Gasteiger partial charge in [-0.2, -0.15) is 0 Å². The first-order valence-electron chi connectivity index (χ1n) is 6.92. The van der Waals surface area contributed by atoms with E-state index in [-0.39, 0.29) is 17.2 Å². The maximum atomic E-state index is 12.8. The molecule has 0 radical (unpaired) electrons. The lowest BCUT2D eigenvalue weighted by Crippen LogP contribution is -2.47. The highest BCUT2D eigenvalue weighted by Crippen LogP contribution is 2.41. The lowest BCUT2D eigenvalue weighted by Gasteiger charge is -2.35. The van der Waals surface area contributed by atoms with Gasteiger partial charge in [0.15, 0.2) is 0 Å². The van der Waals surface area contributed by atoms with Crippen LogP contribution in [0.25, 0.3) is 0 Å². The van der Waals surface area contributed by atoms with Crippen LogP contribution in [0.1, 0.15) is 24.2 Å². The Hall–Kier alpha value is -1.26. The van der Waals surface area contributed by atoms with Gasteiger partial charge in [0.25, 0.3) is 5.91 Å². The van der Waals surface area contributed by atoms with E-state index in [1.807, 2.05) is 4.90 Å². The Morgan fingerprint density at radius 3 is 2.90 bits per heavy atom. The molecule has 2 fully saturated rings. The number of fused-ring (bicyclic) bond motifs is 1. The maximum Gasteiger partial charge on any atom is 0.255 e. The summed E-state index contributed by atoms with van der Waals surface area (Å²) in [6, 6.07) is 4.51. The summed E-state index contributed by atoms with van der Waals surface area (Å²) in [5, 5.41) is 13.4. The number of hydrogen-bond acceptors (Lipinski definition) is 3. The summed E-state index contributed by atoms with van der Waals surface area (Å²) in [4.78, 5) is 14.7. The minimum atomic E-state index is -0.194. The summed E-state index contributed by atoms with van der Waals surface area (Å²) in [6.07, 6.45) is 0. The van der Waals surface area contributed by atoms with Crippen molar-refractivity contribution < 1.29 is 9.90 Å². The molecule has 0 aliphatic carbocycles. The Morgan fingerprint density at radius 2 is 2.20 bits per heavy atom. The molecule has 0 saturated carbocycles. The molecule has 4 nitrogen and oxygen atoms in total. The molecule has 2 unspecified atom stereocenters. The summed E-state index contributed by atoms with van der Waals surface area (Å²) in [5.41, 5.74) is 0.188. The third-order valence-corrected chi connectivity index (χ3v) is 5.12. The molecule has 0 bridgehead atoms. The van der Waals surface area contributed by atoms with Gasteiger partial charge in [-0.05, 0) is 43.9 Å². The predicted octanol–water partition coefficient (Wildman–Crippen LogP) is 2.12. The molecule has 2 aliphatic heterocycles. The van der Waals surface area contributed by atoms with Crippen LogP contribution < -0.4 is 5.32 Å². The molecule has 1 aromatic carbocycles. The van der Waals surface area contributed by atoms with Gasteiger partial charge in [0.05, 0.1) is 10.6 Å². The van der Waals surface area contributed by atoms with E-state index in [0.717, 1.165) is 19.6 Å². The Labute approximate surface area is 123 Å². The fourth-order valence-electron chi connectivity index (χ4n) is 3.59. The van der Waals surface area contributed by atoms with Crippen molar-refractivity contribution in [2.75, 3.05) is 19.6 Å². The van der Waals surface area contributed by atoms with Crippen LogP contribution in [0.4, 0.5) is 0 Å². The monoisotopic (exact) mass is 294 g/mol. The molecule has 2 saturated heterocycles. The summed E-state index contributed by atoms with van der Waals surface area (Å²) < 4.78 is 0. The Morgan fingerprint density at radius 1 is 1.45 bits per heavy atom. The number of nitrogens with one attached hydrogen (secondary N) is 1. The van der Waals surface area contributed by atoms with E-state index in [1.54, 1.807) is 6.07 Å². The molecular formula is C15H19ClN2O2. The molecule has 2 aliphatic rings. The molecule has 1 amide bonds. The minimum Gasteiger partial charge on any atom is -0.508 e. The van der Waals surface area contributed by atoms with Gasteiger partial charge < -0.3 is 15.3 Å². The third kappa shape index (κ3) is 1.98. The van der Waals surface area contributed by atoms with Crippen LogP contribution in [0.3, 0.4) is 0 Å². The quantitative estimate of drug-likeness (QED) is 0.834. The number of hydrogen-bond donors (Lipinski definition) is 2. The van der Waals surface area contributed by atoms with E-state index >= 15 is 0 Å². The third-order valence-electron chi connectivity index (χ3n) is 4.79. The summed E-state index contributed by atoms with van der Waals surface area (Å²) >= 11 is 6.11. The van der Waals surface area contributed by atoms with Crippen molar-refractivity contribution in [1.29, 1.82) is 0 Å². The van der Waals surface area contributed by atoms with Crippen molar-refractivity contribution in [3.63, 3.8) is 0 Å². The Kier molecular flexibility index (Phi) is 3.18. The number of phenols is 1. The molecular weight excluding hydrogens is 276 g/mol. The lowest BCUT2D eigenvalue weighted by molar-refractivity contribution is 0.0603. The number of nitrogens with zero attached hydrogens (tertiary/aromatic N) is 1. The number of carbonyl (C=O) groups is 1. The largest absolute Gasteiger partial charge is 0.508 e. The zero-order valence-electron chi connectivity index (χ0n) is 11.7. The number of halogens is 1. The topological polar surface area (TPSA) is 52.6 Å². The van der Waals surface area contributed by atoms with Crippen LogP contribution in [-0.2, 0) is 0 Å². The van der Waals surface area contributed by atoms with Crippen molar-refractivity contribution in [2.45, 2.75) is 19.4 Å².